The number of nitrogens with one attached hydrogen (secondary N) is 1. The van der Waals surface area contributed by atoms with Gasteiger partial charge in [0.25, 0.3) is 5.91 Å². The van der Waals surface area contributed by atoms with Crippen LogP contribution < -0.4 is 10.1 Å². The first-order valence-corrected chi connectivity index (χ1v) is 9.06. The zero-order chi connectivity index (χ0) is 18.4. The average molecular weight is 356 g/mol. The third-order valence-electron chi connectivity index (χ3n) is 4.80. The van der Waals surface area contributed by atoms with E-state index in [9.17, 15) is 9.18 Å². The van der Waals surface area contributed by atoms with Gasteiger partial charge in [0.05, 0.1) is 0 Å². The summed E-state index contributed by atoms with van der Waals surface area (Å²) in [6, 6.07) is 17.1. The molecule has 1 saturated heterocycles. The molecule has 0 saturated carbocycles. The van der Waals surface area contributed by atoms with Crippen molar-refractivity contribution in [3.8, 4) is 5.75 Å². The molecule has 0 aliphatic carbocycles. The van der Waals surface area contributed by atoms with Crippen molar-refractivity contribution in [1.82, 2.24) is 10.2 Å². The highest BCUT2D eigenvalue weighted by Crippen LogP contribution is 2.20. The molecule has 1 heterocycles. The molecule has 5 heteroatoms. The number of ether oxygens (including phenoxy) is 1. The van der Waals surface area contributed by atoms with Crippen LogP contribution in [0, 0.1) is 5.82 Å². The number of amides is 1. The van der Waals surface area contributed by atoms with Gasteiger partial charge in [-0.15, -0.1) is 0 Å². The number of carbonyl (C=O) groups is 1. The van der Waals surface area contributed by atoms with Gasteiger partial charge in [-0.05, 0) is 37.5 Å². The highest BCUT2D eigenvalue weighted by molar-refractivity contribution is 5.77. The van der Waals surface area contributed by atoms with Crippen molar-refractivity contribution >= 4 is 5.91 Å². The van der Waals surface area contributed by atoms with Gasteiger partial charge in [0, 0.05) is 25.2 Å². The predicted octanol–water partition coefficient (Wildman–Crippen LogP) is 3.37. The second-order valence-electron chi connectivity index (χ2n) is 6.81. The standard InChI is InChI=1S/C21H25FN2O2/c1-16-13-18(11-12-24(16)14-17-7-3-2-4-8-17)23-21(25)15-26-20-10-6-5-9-19(20)22/h2-10,16,18H,11-15H2,1H3,(H,23,25)/t16-,18-/m0/s1. The van der Waals surface area contributed by atoms with Crippen molar-refractivity contribution in [2.45, 2.75) is 38.4 Å². The topological polar surface area (TPSA) is 41.6 Å². The van der Waals surface area contributed by atoms with Crippen LogP contribution in [-0.4, -0.2) is 36.0 Å². The summed E-state index contributed by atoms with van der Waals surface area (Å²) in [4.78, 5) is 14.5. The van der Waals surface area contributed by atoms with Crippen LogP contribution in [0.4, 0.5) is 4.39 Å². The molecule has 0 spiro atoms. The van der Waals surface area contributed by atoms with E-state index in [0.29, 0.717) is 6.04 Å². The van der Waals surface area contributed by atoms with E-state index in [1.54, 1.807) is 12.1 Å². The van der Waals surface area contributed by atoms with Crippen molar-refractivity contribution in [2.24, 2.45) is 0 Å². The van der Waals surface area contributed by atoms with E-state index in [-0.39, 0.29) is 24.3 Å². The second kappa shape index (κ2) is 8.81. The summed E-state index contributed by atoms with van der Waals surface area (Å²) in [5.74, 6) is -0.557. The number of benzene rings is 2. The Bertz CT molecular complexity index is 723. The van der Waals surface area contributed by atoms with Gasteiger partial charge in [-0.2, -0.15) is 0 Å². The van der Waals surface area contributed by atoms with Crippen molar-refractivity contribution < 1.29 is 13.9 Å². The van der Waals surface area contributed by atoms with E-state index in [4.69, 9.17) is 4.74 Å². The Morgan fingerprint density at radius 3 is 2.65 bits per heavy atom. The number of para-hydroxylation sites is 1. The fraction of sp³-hybridized carbons (Fsp3) is 0.381. The van der Waals surface area contributed by atoms with Crippen LogP contribution in [0.25, 0.3) is 0 Å². The Hall–Kier alpha value is -2.40. The van der Waals surface area contributed by atoms with Gasteiger partial charge < -0.3 is 10.1 Å². The number of likely N-dealkylation sites (tertiary alicyclic amines) is 1. The summed E-state index contributed by atoms with van der Waals surface area (Å²) < 4.78 is 18.8. The first kappa shape index (κ1) is 18.4. The van der Waals surface area contributed by atoms with Crippen LogP contribution in [0.2, 0.25) is 0 Å². The van der Waals surface area contributed by atoms with Crippen LogP contribution in [0.1, 0.15) is 25.3 Å². The maximum Gasteiger partial charge on any atom is 0.258 e. The number of carbonyl (C=O) groups excluding carboxylic acids is 1. The lowest BCUT2D eigenvalue weighted by Crippen LogP contribution is -2.49. The molecule has 0 bridgehead atoms. The highest BCUT2D eigenvalue weighted by Gasteiger charge is 2.26. The van der Waals surface area contributed by atoms with Crippen LogP contribution in [0.15, 0.2) is 54.6 Å². The van der Waals surface area contributed by atoms with E-state index in [2.05, 4.69) is 41.4 Å². The van der Waals surface area contributed by atoms with Crippen LogP contribution in [0.3, 0.4) is 0 Å². The molecule has 0 aromatic heterocycles. The lowest BCUT2D eigenvalue weighted by atomic mass is 9.97. The summed E-state index contributed by atoms with van der Waals surface area (Å²) in [6.45, 7) is 3.89. The SMILES string of the molecule is C[C@H]1C[C@@H](NC(=O)COc2ccccc2F)CCN1Cc1ccccc1. The quantitative estimate of drug-likeness (QED) is 0.863. The van der Waals surface area contributed by atoms with Crippen LogP contribution in [0.5, 0.6) is 5.75 Å². The van der Waals surface area contributed by atoms with E-state index in [1.165, 1.54) is 17.7 Å². The monoisotopic (exact) mass is 356 g/mol. The third-order valence-corrected chi connectivity index (χ3v) is 4.80. The first-order chi connectivity index (χ1) is 12.6. The maximum absolute atomic E-state index is 13.5. The van der Waals surface area contributed by atoms with Gasteiger partial charge in [0.1, 0.15) is 0 Å². The Morgan fingerprint density at radius 2 is 1.92 bits per heavy atom. The fourth-order valence-electron chi connectivity index (χ4n) is 3.38. The van der Waals surface area contributed by atoms with E-state index >= 15 is 0 Å². The van der Waals surface area contributed by atoms with Gasteiger partial charge in [0.15, 0.2) is 18.2 Å². The zero-order valence-corrected chi connectivity index (χ0v) is 15.0. The molecule has 1 N–H and O–H groups in total. The third kappa shape index (κ3) is 5.05. The second-order valence-corrected chi connectivity index (χ2v) is 6.81. The molecule has 2 atom stereocenters. The molecule has 2 aromatic rings. The van der Waals surface area contributed by atoms with Gasteiger partial charge in [-0.1, -0.05) is 42.5 Å². The smallest absolute Gasteiger partial charge is 0.258 e. The fourth-order valence-corrected chi connectivity index (χ4v) is 3.38. The molecular weight excluding hydrogens is 331 g/mol. The number of hydrogen-bond donors (Lipinski definition) is 1. The molecule has 1 aliphatic heterocycles. The van der Waals surface area contributed by atoms with Crippen LogP contribution >= 0.6 is 0 Å². The van der Waals surface area contributed by atoms with Gasteiger partial charge in [-0.3, -0.25) is 9.69 Å². The normalized spacial score (nSPS) is 20.5. The molecule has 26 heavy (non-hydrogen) atoms. The Labute approximate surface area is 154 Å². The lowest BCUT2D eigenvalue weighted by molar-refractivity contribution is -0.124. The summed E-state index contributed by atoms with van der Waals surface area (Å²) in [5, 5.41) is 3.01. The molecule has 138 valence electrons. The minimum Gasteiger partial charge on any atom is -0.481 e. The highest BCUT2D eigenvalue weighted by atomic mass is 19.1. The molecule has 3 rings (SSSR count). The van der Waals surface area contributed by atoms with Crippen molar-refractivity contribution in [3.05, 3.63) is 66.0 Å². The van der Waals surface area contributed by atoms with E-state index < -0.39 is 5.82 Å². The van der Waals surface area contributed by atoms with Gasteiger partial charge in [-0.25, -0.2) is 4.39 Å². The summed E-state index contributed by atoms with van der Waals surface area (Å²) in [7, 11) is 0. The zero-order valence-electron chi connectivity index (χ0n) is 15.0. The van der Waals surface area contributed by atoms with Gasteiger partial charge >= 0.3 is 0 Å². The number of rotatable bonds is 6. The molecule has 2 aromatic carbocycles. The maximum atomic E-state index is 13.5. The molecule has 1 aliphatic rings. The Kier molecular flexibility index (Phi) is 6.23. The largest absolute Gasteiger partial charge is 0.481 e. The summed E-state index contributed by atoms with van der Waals surface area (Å²) >= 11 is 0. The predicted molar refractivity (Wildman–Crippen MR) is 99.4 cm³/mol. The number of hydrogen-bond acceptors (Lipinski definition) is 3. The van der Waals surface area contributed by atoms with Crippen molar-refractivity contribution in [2.75, 3.05) is 13.2 Å². The summed E-state index contributed by atoms with van der Waals surface area (Å²) in [5.41, 5.74) is 1.31. The molecule has 1 fully saturated rings. The molecule has 0 radical (unpaired) electrons. The molecule has 1 amide bonds. The summed E-state index contributed by atoms with van der Waals surface area (Å²) in [6.07, 6.45) is 1.81. The van der Waals surface area contributed by atoms with E-state index in [1.807, 2.05) is 6.07 Å². The molecule has 4 nitrogen and oxygen atoms in total. The Balaban J connectivity index is 1.44. The number of halogens is 1. The van der Waals surface area contributed by atoms with Crippen molar-refractivity contribution in [3.63, 3.8) is 0 Å². The number of piperidine rings is 1. The minimum atomic E-state index is -0.455. The first-order valence-electron chi connectivity index (χ1n) is 9.06. The number of nitrogens with zero attached hydrogens (tertiary/aromatic N) is 1. The van der Waals surface area contributed by atoms with Crippen LogP contribution in [-0.2, 0) is 11.3 Å². The van der Waals surface area contributed by atoms with Crippen molar-refractivity contribution in [1.29, 1.82) is 0 Å². The molecule has 0 unspecified atom stereocenters. The minimum absolute atomic E-state index is 0.105. The van der Waals surface area contributed by atoms with Gasteiger partial charge in [0.2, 0.25) is 0 Å². The lowest BCUT2D eigenvalue weighted by Gasteiger charge is -2.38. The van der Waals surface area contributed by atoms with E-state index in [0.717, 1.165) is 25.9 Å². The molecular formula is C21H25FN2O2. The average Bonchev–Trinajstić information content (AvgIpc) is 2.64. The Morgan fingerprint density at radius 1 is 1.19 bits per heavy atom.